The molecule has 0 aliphatic carbocycles. The molecule has 1 N–H and O–H groups in total. The number of allylic oxidation sites excluding steroid dienone is 1. The third kappa shape index (κ3) is 4.64. The van der Waals surface area contributed by atoms with Crippen molar-refractivity contribution in [3.05, 3.63) is 53.1 Å². The van der Waals surface area contributed by atoms with Crippen LogP contribution in [0.2, 0.25) is 0 Å². The molecule has 2 heterocycles. The summed E-state index contributed by atoms with van der Waals surface area (Å²) >= 11 is 2.83. The lowest BCUT2D eigenvalue weighted by Crippen LogP contribution is -2.14. The van der Waals surface area contributed by atoms with Crippen molar-refractivity contribution in [2.45, 2.75) is 32.5 Å². The molecule has 2 aromatic heterocycles. The molecule has 0 saturated carbocycles. The molecule has 0 saturated heterocycles. The summed E-state index contributed by atoms with van der Waals surface area (Å²) in [5.41, 5.74) is 3.09. The zero-order valence-electron chi connectivity index (χ0n) is 15.5. The van der Waals surface area contributed by atoms with Crippen molar-refractivity contribution in [3.8, 4) is 11.4 Å². The number of rotatable bonds is 7. The van der Waals surface area contributed by atoms with Crippen molar-refractivity contribution < 1.29 is 4.79 Å². The summed E-state index contributed by atoms with van der Waals surface area (Å²) in [7, 11) is 0. The Labute approximate surface area is 166 Å². The second-order valence-electron chi connectivity index (χ2n) is 6.07. The molecule has 3 rings (SSSR count). The maximum Gasteiger partial charge on any atom is 0.236 e. The van der Waals surface area contributed by atoms with Gasteiger partial charge in [0.15, 0.2) is 16.1 Å². The maximum absolute atomic E-state index is 12.3. The van der Waals surface area contributed by atoms with E-state index < -0.39 is 0 Å². The molecular formula is C19H21N5OS2. The van der Waals surface area contributed by atoms with Crippen molar-refractivity contribution in [1.29, 1.82) is 0 Å². The number of hydrogen-bond acceptors (Lipinski definition) is 6. The van der Waals surface area contributed by atoms with Crippen LogP contribution < -0.4 is 5.32 Å². The van der Waals surface area contributed by atoms with Crippen LogP contribution in [-0.2, 0) is 11.3 Å². The normalized spacial score (nSPS) is 10.8. The van der Waals surface area contributed by atoms with Gasteiger partial charge in [-0.05, 0) is 26.8 Å². The van der Waals surface area contributed by atoms with Gasteiger partial charge in [0.05, 0.1) is 11.4 Å². The van der Waals surface area contributed by atoms with Crippen molar-refractivity contribution in [3.63, 3.8) is 0 Å². The van der Waals surface area contributed by atoms with E-state index in [0.717, 1.165) is 27.5 Å². The van der Waals surface area contributed by atoms with Crippen LogP contribution in [-0.4, -0.2) is 31.4 Å². The standard InChI is InChI=1S/C19H21N5OS2/c1-5-9-24-17(15-8-6-7-12(2)10-15)22-23-19(24)26-11-16(25)21-18-20-13(3)14(4)27-18/h5-8,10H,1,9,11H2,2-4H3,(H,20,21,25). The Morgan fingerprint density at radius 1 is 1.33 bits per heavy atom. The van der Waals surface area contributed by atoms with E-state index in [1.54, 1.807) is 6.08 Å². The van der Waals surface area contributed by atoms with Gasteiger partial charge in [-0.2, -0.15) is 0 Å². The third-order valence-electron chi connectivity index (χ3n) is 3.91. The lowest BCUT2D eigenvalue weighted by atomic mass is 10.1. The van der Waals surface area contributed by atoms with E-state index in [1.165, 1.54) is 23.1 Å². The van der Waals surface area contributed by atoms with Crippen LogP contribution in [0.4, 0.5) is 5.13 Å². The van der Waals surface area contributed by atoms with Crippen molar-refractivity contribution in [1.82, 2.24) is 19.7 Å². The zero-order chi connectivity index (χ0) is 19.4. The molecule has 1 aromatic carbocycles. The molecular weight excluding hydrogens is 378 g/mol. The van der Waals surface area contributed by atoms with E-state index in [-0.39, 0.29) is 11.7 Å². The Kier molecular flexibility index (Phi) is 6.08. The van der Waals surface area contributed by atoms with E-state index in [4.69, 9.17) is 0 Å². The predicted molar refractivity (Wildman–Crippen MR) is 111 cm³/mol. The molecule has 0 radical (unpaired) electrons. The van der Waals surface area contributed by atoms with Crippen molar-refractivity contribution >= 4 is 34.1 Å². The summed E-state index contributed by atoms with van der Waals surface area (Å²) in [6.07, 6.45) is 1.80. The summed E-state index contributed by atoms with van der Waals surface area (Å²) in [5, 5.41) is 12.8. The van der Waals surface area contributed by atoms with E-state index in [1.807, 2.05) is 43.5 Å². The molecule has 0 aliphatic heterocycles. The molecule has 8 heteroatoms. The molecule has 0 fully saturated rings. The van der Waals surface area contributed by atoms with Crippen molar-refractivity contribution in [2.75, 3.05) is 11.1 Å². The minimum Gasteiger partial charge on any atom is -0.301 e. The van der Waals surface area contributed by atoms with Gasteiger partial charge < -0.3 is 5.32 Å². The molecule has 0 atom stereocenters. The van der Waals surface area contributed by atoms with Gasteiger partial charge in [0.1, 0.15) is 0 Å². The number of thioether (sulfide) groups is 1. The number of carbonyl (C=O) groups is 1. The van der Waals surface area contributed by atoms with Crippen LogP contribution in [0.5, 0.6) is 0 Å². The largest absolute Gasteiger partial charge is 0.301 e. The maximum atomic E-state index is 12.3. The van der Waals surface area contributed by atoms with Gasteiger partial charge in [-0.25, -0.2) is 4.98 Å². The molecule has 3 aromatic rings. The first kappa shape index (κ1) is 19.3. The summed E-state index contributed by atoms with van der Waals surface area (Å²) in [5.74, 6) is 0.896. The Bertz CT molecular complexity index is 957. The Hall–Kier alpha value is -2.45. The first-order chi connectivity index (χ1) is 13.0. The number of nitrogens with zero attached hydrogens (tertiary/aromatic N) is 4. The van der Waals surface area contributed by atoms with E-state index in [0.29, 0.717) is 16.8 Å². The second-order valence-corrected chi connectivity index (χ2v) is 8.22. The van der Waals surface area contributed by atoms with E-state index in [9.17, 15) is 4.79 Å². The Balaban J connectivity index is 1.72. The van der Waals surface area contributed by atoms with Gasteiger partial charge in [-0.1, -0.05) is 41.6 Å². The number of amides is 1. The SMILES string of the molecule is C=CCn1c(SCC(=O)Nc2nc(C)c(C)s2)nnc1-c1cccc(C)c1. The summed E-state index contributed by atoms with van der Waals surface area (Å²) < 4.78 is 1.97. The highest BCUT2D eigenvalue weighted by Crippen LogP contribution is 2.25. The molecule has 1 amide bonds. The second kappa shape index (κ2) is 8.49. The van der Waals surface area contributed by atoms with Gasteiger partial charge in [0.25, 0.3) is 0 Å². The first-order valence-electron chi connectivity index (χ1n) is 8.45. The van der Waals surface area contributed by atoms with Gasteiger partial charge in [-0.3, -0.25) is 9.36 Å². The van der Waals surface area contributed by atoms with Crippen LogP contribution >= 0.6 is 23.1 Å². The quantitative estimate of drug-likeness (QED) is 0.475. The molecule has 6 nitrogen and oxygen atoms in total. The molecule has 140 valence electrons. The van der Waals surface area contributed by atoms with Crippen LogP contribution in [0.15, 0.2) is 42.1 Å². The lowest BCUT2D eigenvalue weighted by Gasteiger charge is -2.08. The number of aryl methyl sites for hydroxylation is 3. The summed E-state index contributed by atoms with van der Waals surface area (Å²) in [6.45, 7) is 10.4. The lowest BCUT2D eigenvalue weighted by molar-refractivity contribution is -0.113. The fraction of sp³-hybridized carbons (Fsp3) is 0.263. The number of benzene rings is 1. The summed E-state index contributed by atoms with van der Waals surface area (Å²) in [4.78, 5) is 17.7. The van der Waals surface area contributed by atoms with Gasteiger partial charge in [-0.15, -0.1) is 28.1 Å². The average molecular weight is 400 g/mol. The fourth-order valence-electron chi connectivity index (χ4n) is 2.50. The minimum atomic E-state index is -0.112. The van der Waals surface area contributed by atoms with Crippen LogP contribution in [0, 0.1) is 20.8 Å². The van der Waals surface area contributed by atoms with Crippen molar-refractivity contribution in [2.24, 2.45) is 0 Å². The van der Waals surface area contributed by atoms with E-state index >= 15 is 0 Å². The fourth-order valence-corrected chi connectivity index (χ4v) is 4.08. The molecule has 0 unspecified atom stereocenters. The topological polar surface area (TPSA) is 72.7 Å². The molecule has 27 heavy (non-hydrogen) atoms. The van der Waals surface area contributed by atoms with Crippen LogP contribution in [0.3, 0.4) is 0 Å². The van der Waals surface area contributed by atoms with Crippen LogP contribution in [0.25, 0.3) is 11.4 Å². The van der Waals surface area contributed by atoms with Gasteiger partial charge in [0.2, 0.25) is 5.91 Å². The van der Waals surface area contributed by atoms with E-state index in [2.05, 4.69) is 33.1 Å². The zero-order valence-corrected chi connectivity index (χ0v) is 17.2. The number of carbonyl (C=O) groups excluding carboxylic acids is 1. The average Bonchev–Trinajstić information content (AvgIpc) is 3.16. The number of anilines is 1. The summed E-state index contributed by atoms with van der Waals surface area (Å²) in [6, 6.07) is 8.11. The smallest absolute Gasteiger partial charge is 0.236 e. The minimum absolute atomic E-state index is 0.112. The van der Waals surface area contributed by atoms with Gasteiger partial charge >= 0.3 is 0 Å². The Morgan fingerprint density at radius 3 is 2.81 bits per heavy atom. The Morgan fingerprint density at radius 2 is 2.15 bits per heavy atom. The van der Waals surface area contributed by atoms with Gasteiger partial charge in [0, 0.05) is 17.0 Å². The number of nitrogens with one attached hydrogen (secondary N) is 1. The highest BCUT2D eigenvalue weighted by Gasteiger charge is 2.16. The third-order valence-corrected chi connectivity index (χ3v) is 5.87. The first-order valence-corrected chi connectivity index (χ1v) is 10.3. The number of thiazole rings is 1. The predicted octanol–water partition coefficient (Wildman–Crippen LogP) is 4.24. The monoisotopic (exact) mass is 399 g/mol. The highest BCUT2D eigenvalue weighted by molar-refractivity contribution is 7.99. The van der Waals surface area contributed by atoms with Crippen LogP contribution in [0.1, 0.15) is 16.1 Å². The highest BCUT2D eigenvalue weighted by atomic mass is 32.2. The number of aromatic nitrogens is 4. The number of hydrogen-bond donors (Lipinski definition) is 1. The molecule has 0 aliphatic rings. The molecule has 0 spiro atoms. The molecule has 0 bridgehead atoms.